The molecular formula is C14H20N2O. The van der Waals surface area contributed by atoms with Crippen molar-refractivity contribution in [3.63, 3.8) is 0 Å². The third kappa shape index (κ3) is 2.15. The van der Waals surface area contributed by atoms with Crippen LogP contribution >= 0.6 is 0 Å². The van der Waals surface area contributed by atoms with Crippen molar-refractivity contribution in [1.82, 2.24) is 9.55 Å². The lowest BCUT2D eigenvalue weighted by Gasteiger charge is -2.15. The second-order valence-corrected chi connectivity index (χ2v) is 5.51. The van der Waals surface area contributed by atoms with Gasteiger partial charge in [0.2, 0.25) is 0 Å². The highest BCUT2D eigenvalue weighted by molar-refractivity contribution is 5.18. The molecule has 0 saturated heterocycles. The predicted molar refractivity (Wildman–Crippen MR) is 67.2 cm³/mol. The summed E-state index contributed by atoms with van der Waals surface area (Å²) in [4.78, 5) is 16.7. The van der Waals surface area contributed by atoms with Gasteiger partial charge >= 0.3 is 0 Å². The summed E-state index contributed by atoms with van der Waals surface area (Å²) in [6.45, 7) is 2.79. The van der Waals surface area contributed by atoms with Crippen molar-refractivity contribution >= 4 is 0 Å². The normalized spacial score (nSPS) is 19.8. The molecule has 0 aromatic carbocycles. The van der Waals surface area contributed by atoms with Crippen LogP contribution in [-0.4, -0.2) is 9.55 Å². The zero-order chi connectivity index (χ0) is 11.8. The van der Waals surface area contributed by atoms with E-state index >= 15 is 0 Å². The van der Waals surface area contributed by atoms with Gasteiger partial charge in [0, 0.05) is 12.2 Å². The van der Waals surface area contributed by atoms with E-state index in [0.717, 1.165) is 25.3 Å². The summed E-state index contributed by atoms with van der Waals surface area (Å²) in [6.07, 6.45) is 8.40. The van der Waals surface area contributed by atoms with Crippen molar-refractivity contribution in [3.05, 3.63) is 27.4 Å². The SMILES string of the molecule is Cc1nc2c(n(CC3CC3)c1=O)CCCCC2. The van der Waals surface area contributed by atoms with E-state index in [0.29, 0.717) is 5.69 Å². The number of fused-ring (bicyclic) bond motifs is 1. The van der Waals surface area contributed by atoms with Crippen molar-refractivity contribution in [2.45, 2.75) is 58.4 Å². The zero-order valence-corrected chi connectivity index (χ0v) is 10.5. The summed E-state index contributed by atoms with van der Waals surface area (Å²) in [6, 6.07) is 0. The summed E-state index contributed by atoms with van der Waals surface area (Å²) >= 11 is 0. The molecule has 2 aliphatic carbocycles. The lowest BCUT2D eigenvalue weighted by atomic mass is 10.2. The van der Waals surface area contributed by atoms with Gasteiger partial charge in [0.05, 0.1) is 5.69 Å². The van der Waals surface area contributed by atoms with Crippen LogP contribution in [0.1, 0.15) is 49.2 Å². The number of hydrogen-bond acceptors (Lipinski definition) is 2. The number of hydrogen-bond donors (Lipinski definition) is 0. The van der Waals surface area contributed by atoms with E-state index in [1.54, 1.807) is 0 Å². The Hall–Kier alpha value is -1.12. The van der Waals surface area contributed by atoms with Crippen molar-refractivity contribution in [1.29, 1.82) is 0 Å². The summed E-state index contributed by atoms with van der Waals surface area (Å²) < 4.78 is 2.04. The molecule has 0 bridgehead atoms. The molecule has 1 heterocycles. The molecule has 0 amide bonds. The van der Waals surface area contributed by atoms with Crippen LogP contribution in [-0.2, 0) is 19.4 Å². The smallest absolute Gasteiger partial charge is 0.272 e. The van der Waals surface area contributed by atoms with Gasteiger partial charge in [-0.05, 0) is 51.4 Å². The minimum Gasteiger partial charge on any atom is -0.309 e. The molecule has 1 fully saturated rings. The number of rotatable bonds is 2. The van der Waals surface area contributed by atoms with Crippen LogP contribution in [0.15, 0.2) is 4.79 Å². The van der Waals surface area contributed by atoms with Crippen LogP contribution in [0.2, 0.25) is 0 Å². The maximum Gasteiger partial charge on any atom is 0.272 e. The Morgan fingerprint density at radius 3 is 2.76 bits per heavy atom. The van der Waals surface area contributed by atoms with Gasteiger partial charge in [0.15, 0.2) is 0 Å². The molecule has 1 saturated carbocycles. The first kappa shape index (κ1) is 11.0. The van der Waals surface area contributed by atoms with Gasteiger partial charge < -0.3 is 4.57 Å². The highest BCUT2D eigenvalue weighted by atomic mass is 16.1. The van der Waals surface area contributed by atoms with Crippen LogP contribution in [0.5, 0.6) is 0 Å². The monoisotopic (exact) mass is 232 g/mol. The second-order valence-electron chi connectivity index (χ2n) is 5.51. The molecule has 0 spiro atoms. The van der Waals surface area contributed by atoms with E-state index in [1.807, 2.05) is 11.5 Å². The van der Waals surface area contributed by atoms with Crippen LogP contribution < -0.4 is 5.56 Å². The van der Waals surface area contributed by atoms with E-state index in [1.165, 1.54) is 43.5 Å². The fraction of sp³-hybridized carbons (Fsp3) is 0.714. The van der Waals surface area contributed by atoms with E-state index in [4.69, 9.17) is 0 Å². The molecule has 3 rings (SSSR count). The topological polar surface area (TPSA) is 34.9 Å². The first-order valence-electron chi connectivity index (χ1n) is 6.85. The van der Waals surface area contributed by atoms with Crippen molar-refractivity contribution in [3.8, 4) is 0 Å². The van der Waals surface area contributed by atoms with E-state index in [9.17, 15) is 4.79 Å². The highest BCUT2D eigenvalue weighted by Crippen LogP contribution is 2.31. The Morgan fingerprint density at radius 2 is 2.00 bits per heavy atom. The molecule has 92 valence electrons. The van der Waals surface area contributed by atoms with Gasteiger partial charge in [-0.25, -0.2) is 0 Å². The number of aromatic nitrogens is 2. The molecular weight excluding hydrogens is 212 g/mol. The Bertz CT molecular complexity index is 486. The zero-order valence-electron chi connectivity index (χ0n) is 10.5. The fourth-order valence-electron chi connectivity index (χ4n) is 2.78. The maximum atomic E-state index is 12.2. The van der Waals surface area contributed by atoms with Gasteiger partial charge in [-0.3, -0.25) is 9.78 Å². The average molecular weight is 232 g/mol. The van der Waals surface area contributed by atoms with Gasteiger partial charge in [-0.15, -0.1) is 0 Å². The van der Waals surface area contributed by atoms with E-state index in [2.05, 4.69) is 4.98 Å². The van der Waals surface area contributed by atoms with E-state index < -0.39 is 0 Å². The summed E-state index contributed by atoms with van der Waals surface area (Å²) in [5.41, 5.74) is 3.27. The lowest BCUT2D eigenvalue weighted by molar-refractivity contribution is 0.561. The average Bonchev–Trinajstić information content (AvgIpc) is 3.11. The van der Waals surface area contributed by atoms with Gasteiger partial charge in [0.25, 0.3) is 5.56 Å². The lowest BCUT2D eigenvalue weighted by Crippen LogP contribution is -2.29. The largest absolute Gasteiger partial charge is 0.309 e. The van der Waals surface area contributed by atoms with Crippen molar-refractivity contribution < 1.29 is 0 Å². The molecule has 0 unspecified atom stereocenters. The minimum atomic E-state index is 0.151. The molecule has 17 heavy (non-hydrogen) atoms. The summed E-state index contributed by atoms with van der Waals surface area (Å²) in [7, 11) is 0. The van der Waals surface area contributed by atoms with Crippen molar-refractivity contribution in [2.24, 2.45) is 5.92 Å². The number of aryl methyl sites for hydroxylation is 2. The summed E-state index contributed by atoms with van der Waals surface area (Å²) in [5.74, 6) is 0.752. The predicted octanol–water partition coefficient (Wildman–Crippen LogP) is 2.23. The molecule has 0 atom stereocenters. The molecule has 1 aromatic rings. The van der Waals surface area contributed by atoms with Crippen LogP contribution in [0.3, 0.4) is 0 Å². The molecule has 3 nitrogen and oxygen atoms in total. The molecule has 1 aromatic heterocycles. The Kier molecular flexibility index (Phi) is 2.77. The minimum absolute atomic E-state index is 0.151. The molecule has 2 aliphatic rings. The van der Waals surface area contributed by atoms with Crippen LogP contribution in [0.4, 0.5) is 0 Å². The number of nitrogens with zero attached hydrogens (tertiary/aromatic N) is 2. The van der Waals surface area contributed by atoms with Crippen LogP contribution in [0, 0.1) is 12.8 Å². The third-order valence-electron chi connectivity index (χ3n) is 3.98. The summed E-state index contributed by atoms with van der Waals surface area (Å²) in [5, 5.41) is 0. The first-order chi connectivity index (χ1) is 8.25. The fourth-order valence-corrected chi connectivity index (χ4v) is 2.78. The van der Waals surface area contributed by atoms with Crippen LogP contribution in [0.25, 0.3) is 0 Å². The maximum absolute atomic E-state index is 12.2. The third-order valence-corrected chi connectivity index (χ3v) is 3.98. The van der Waals surface area contributed by atoms with Gasteiger partial charge in [0.1, 0.15) is 5.69 Å². The Balaban J connectivity index is 2.08. The quantitative estimate of drug-likeness (QED) is 0.733. The Labute approximate surface area is 102 Å². The molecule has 0 N–H and O–H groups in total. The molecule has 3 heteroatoms. The van der Waals surface area contributed by atoms with Gasteiger partial charge in [-0.1, -0.05) is 6.42 Å². The standard InChI is InChI=1S/C14H20N2O/c1-10-14(17)16(9-11-7-8-11)13-6-4-2-3-5-12(13)15-10/h11H,2-9H2,1H3. The first-order valence-corrected chi connectivity index (χ1v) is 6.85. The van der Waals surface area contributed by atoms with Crippen molar-refractivity contribution in [2.75, 3.05) is 0 Å². The molecule has 0 radical (unpaired) electrons. The molecule has 0 aliphatic heterocycles. The Morgan fingerprint density at radius 1 is 1.24 bits per heavy atom. The van der Waals surface area contributed by atoms with Gasteiger partial charge in [-0.2, -0.15) is 0 Å². The highest BCUT2D eigenvalue weighted by Gasteiger charge is 2.25. The van der Waals surface area contributed by atoms with E-state index in [-0.39, 0.29) is 5.56 Å². The second kappa shape index (κ2) is 4.28.